The number of hydrogen-bond acceptors (Lipinski definition) is 4. The van der Waals surface area contributed by atoms with Crippen LogP contribution in [0.2, 0.25) is 0 Å². The van der Waals surface area contributed by atoms with Crippen molar-refractivity contribution in [3.63, 3.8) is 0 Å². The lowest BCUT2D eigenvalue weighted by atomic mass is 9.99. The van der Waals surface area contributed by atoms with E-state index in [0.29, 0.717) is 28.4 Å². The Labute approximate surface area is 153 Å². The largest absolute Gasteiger partial charge is 0.493 e. The number of rotatable bonds is 6. The summed E-state index contributed by atoms with van der Waals surface area (Å²) in [6, 6.07) is 20.5. The molecule has 0 heterocycles. The van der Waals surface area contributed by atoms with Crippen molar-refractivity contribution in [3.05, 3.63) is 77.9 Å². The SMILES string of the molecule is COc1cc(-c2ccc(C(=O)c3ccccc3)cc2)cc(OC)c1OC. The minimum atomic E-state index is 0.00189. The summed E-state index contributed by atoms with van der Waals surface area (Å²) in [6.45, 7) is 0. The number of carbonyl (C=O) groups is 1. The smallest absolute Gasteiger partial charge is 0.203 e. The van der Waals surface area contributed by atoms with E-state index in [0.717, 1.165) is 11.1 Å². The zero-order valence-corrected chi connectivity index (χ0v) is 15.0. The first-order valence-electron chi connectivity index (χ1n) is 8.18. The second-order valence-electron chi connectivity index (χ2n) is 5.69. The standard InChI is InChI=1S/C22H20O4/c1-24-19-13-18(14-20(25-2)22(19)26-3)15-9-11-17(12-10-15)21(23)16-7-5-4-6-8-16/h4-14H,1-3H3. The first-order chi connectivity index (χ1) is 12.7. The van der Waals surface area contributed by atoms with Crippen LogP contribution < -0.4 is 14.2 Å². The number of methoxy groups -OCH3 is 3. The third kappa shape index (κ3) is 3.40. The van der Waals surface area contributed by atoms with E-state index in [1.165, 1.54) is 0 Å². The predicted octanol–water partition coefficient (Wildman–Crippen LogP) is 4.61. The Bertz CT molecular complexity index is 874. The third-order valence-electron chi connectivity index (χ3n) is 4.18. The average molecular weight is 348 g/mol. The molecule has 3 aromatic carbocycles. The number of carbonyl (C=O) groups excluding carboxylic acids is 1. The quantitative estimate of drug-likeness (QED) is 0.610. The van der Waals surface area contributed by atoms with Crippen molar-refractivity contribution in [3.8, 4) is 28.4 Å². The van der Waals surface area contributed by atoms with Gasteiger partial charge in [0, 0.05) is 11.1 Å². The molecule has 0 spiro atoms. The van der Waals surface area contributed by atoms with Crippen molar-refractivity contribution in [2.45, 2.75) is 0 Å². The Kier molecular flexibility index (Phi) is 5.23. The second kappa shape index (κ2) is 7.74. The summed E-state index contributed by atoms with van der Waals surface area (Å²) in [4.78, 5) is 12.5. The molecule has 4 nitrogen and oxygen atoms in total. The lowest BCUT2D eigenvalue weighted by molar-refractivity contribution is 0.103. The maximum atomic E-state index is 12.5. The zero-order chi connectivity index (χ0) is 18.5. The summed E-state index contributed by atoms with van der Waals surface area (Å²) in [6.07, 6.45) is 0. The van der Waals surface area contributed by atoms with Gasteiger partial charge in [0.05, 0.1) is 21.3 Å². The molecule has 0 fully saturated rings. The van der Waals surface area contributed by atoms with E-state index in [9.17, 15) is 4.79 Å². The van der Waals surface area contributed by atoms with Gasteiger partial charge in [-0.25, -0.2) is 0 Å². The fourth-order valence-electron chi connectivity index (χ4n) is 2.82. The Hall–Kier alpha value is -3.27. The molecule has 0 saturated carbocycles. The van der Waals surface area contributed by atoms with Crippen molar-refractivity contribution in [1.29, 1.82) is 0 Å². The predicted molar refractivity (Wildman–Crippen MR) is 101 cm³/mol. The molecule has 3 rings (SSSR count). The van der Waals surface area contributed by atoms with E-state index in [1.807, 2.05) is 66.7 Å². The van der Waals surface area contributed by atoms with Crippen LogP contribution in [0.1, 0.15) is 15.9 Å². The lowest BCUT2D eigenvalue weighted by Crippen LogP contribution is -2.00. The summed E-state index contributed by atoms with van der Waals surface area (Å²) in [5.74, 6) is 1.73. The van der Waals surface area contributed by atoms with Gasteiger partial charge in [-0.05, 0) is 23.3 Å². The Morgan fingerprint density at radius 2 is 1.19 bits per heavy atom. The van der Waals surface area contributed by atoms with Crippen molar-refractivity contribution in [2.75, 3.05) is 21.3 Å². The van der Waals surface area contributed by atoms with Gasteiger partial charge in [-0.2, -0.15) is 0 Å². The molecular formula is C22H20O4. The molecule has 0 saturated heterocycles. The van der Waals surface area contributed by atoms with Gasteiger partial charge in [-0.15, -0.1) is 0 Å². The van der Waals surface area contributed by atoms with Gasteiger partial charge >= 0.3 is 0 Å². The van der Waals surface area contributed by atoms with Crippen LogP contribution in [0.4, 0.5) is 0 Å². The normalized spacial score (nSPS) is 10.3. The van der Waals surface area contributed by atoms with Gasteiger partial charge in [0.15, 0.2) is 17.3 Å². The van der Waals surface area contributed by atoms with E-state index < -0.39 is 0 Å². The van der Waals surface area contributed by atoms with Crippen molar-refractivity contribution in [2.24, 2.45) is 0 Å². The highest BCUT2D eigenvalue weighted by Crippen LogP contribution is 2.41. The van der Waals surface area contributed by atoms with Gasteiger partial charge in [0.2, 0.25) is 5.75 Å². The van der Waals surface area contributed by atoms with E-state index in [2.05, 4.69) is 0 Å². The number of benzene rings is 3. The highest BCUT2D eigenvalue weighted by Gasteiger charge is 2.15. The third-order valence-corrected chi connectivity index (χ3v) is 4.18. The maximum absolute atomic E-state index is 12.5. The lowest BCUT2D eigenvalue weighted by Gasteiger charge is -2.14. The van der Waals surface area contributed by atoms with E-state index in [1.54, 1.807) is 21.3 Å². The van der Waals surface area contributed by atoms with Gasteiger partial charge in [0.1, 0.15) is 0 Å². The van der Waals surface area contributed by atoms with Crippen molar-refractivity contribution < 1.29 is 19.0 Å². The Balaban J connectivity index is 1.95. The van der Waals surface area contributed by atoms with Gasteiger partial charge in [0.25, 0.3) is 0 Å². The molecule has 4 heteroatoms. The monoisotopic (exact) mass is 348 g/mol. The highest BCUT2D eigenvalue weighted by molar-refractivity contribution is 6.09. The van der Waals surface area contributed by atoms with E-state index >= 15 is 0 Å². The maximum Gasteiger partial charge on any atom is 0.203 e. The first kappa shape index (κ1) is 17.5. The summed E-state index contributed by atoms with van der Waals surface area (Å²) < 4.78 is 16.2. The molecule has 0 atom stereocenters. The summed E-state index contributed by atoms with van der Waals surface area (Å²) in [7, 11) is 4.75. The molecule has 0 aliphatic heterocycles. The van der Waals surface area contributed by atoms with Gasteiger partial charge < -0.3 is 14.2 Å². The highest BCUT2D eigenvalue weighted by atomic mass is 16.5. The molecule has 0 aliphatic carbocycles. The van der Waals surface area contributed by atoms with E-state index in [-0.39, 0.29) is 5.78 Å². The fourth-order valence-corrected chi connectivity index (χ4v) is 2.82. The van der Waals surface area contributed by atoms with Crippen molar-refractivity contribution in [1.82, 2.24) is 0 Å². The van der Waals surface area contributed by atoms with E-state index in [4.69, 9.17) is 14.2 Å². The zero-order valence-electron chi connectivity index (χ0n) is 15.0. The molecule has 0 aromatic heterocycles. The molecule has 0 N–H and O–H groups in total. The van der Waals surface area contributed by atoms with Crippen LogP contribution in [0.5, 0.6) is 17.2 Å². The molecule has 0 radical (unpaired) electrons. The van der Waals surface area contributed by atoms with Gasteiger partial charge in [-0.3, -0.25) is 4.79 Å². The summed E-state index contributed by atoms with van der Waals surface area (Å²) in [5.41, 5.74) is 3.19. The molecule has 26 heavy (non-hydrogen) atoms. The Morgan fingerprint density at radius 1 is 0.654 bits per heavy atom. The van der Waals surface area contributed by atoms with Crippen LogP contribution in [0.3, 0.4) is 0 Å². The second-order valence-corrected chi connectivity index (χ2v) is 5.69. The molecule has 0 unspecified atom stereocenters. The van der Waals surface area contributed by atoms with Crippen LogP contribution in [-0.4, -0.2) is 27.1 Å². The topological polar surface area (TPSA) is 44.8 Å². The van der Waals surface area contributed by atoms with Crippen LogP contribution in [0.15, 0.2) is 66.7 Å². The average Bonchev–Trinajstić information content (AvgIpc) is 2.72. The van der Waals surface area contributed by atoms with Gasteiger partial charge in [-0.1, -0.05) is 54.6 Å². The van der Waals surface area contributed by atoms with Crippen molar-refractivity contribution >= 4 is 5.78 Å². The summed E-state index contributed by atoms with van der Waals surface area (Å²) in [5, 5.41) is 0. The van der Waals surface area contributed by atoms with Crippen LogP contribution in [0.25, 0.3) is 11.1 Å². The number of hydrogen-bond donors (Lipinski definition) is 0. The van der Waals surface area contributed by atoms with Crippen LogP contribution in [-0.2, 0) is 0 Å². The molecular weight excluding hydrogens is 328 g/mol. The van der Waals surface area contributed by atoms with Crippen LogP contribution >= 0.6 is 0 Å². The Morgan fingerprint density at radius 3 is 1.69 bits per heavy atom. The minimum absolute atomic E-state index is 0.00189. The molecule has 0 aliphatic rings. The molecule has 132 valence electrons. The molecule has 0 bridgehead atoms. The number of ketones is 1. The van der Waals surface area contributed by atoms with Crippen LogP contribution in [0, 0.1) is 0 Å². The molecule has 3 aromatic rings. The number of ether oxygens (including phenoxy) is 3. The minimum Gasteiger partial charge on any atom is -0.493 e. The first-order valence-corrected chi connectivity index (χ1v) is 8.18. The fraction of sp³-hybridized carbons (Fsp3) is 0.136. The summed E-state index contributed by atoms with van der Waals surface area (Å²) >= 11 is 0. The molecule has 0 amide bonds.